The summed E-state index contributed by atoms with van der Waals surface area (Å²) in [5.41, 5.74) is 6.01. The summed E-state index contributed by atoms with van der Waals surface area (Å²) < 4.78 is 18.4. The summed E-state index contributed by atoms with van der Waals surface area (Å²) in [6.07, 6.45) is 0. The average molecular weight is 247 g/mol. The normalized spacial score (nSPS) is 10.2. The zero-order valence-corrected chi connectivity index (χ0v) is 9.35. The van der Waals surface area contributed by atoms with Crippen LogP contribution in [0.25, 0.3) is 0 Å². The number of nitrogens with two attached hydrogens (primary N) is 1. The summed E-state index contributed by atoms with van der Waals surface area (Å²) in [6.45, 7) is 0.587. The van der Waals surface area contributed by atoms with Gasteiger partial charge in [0, 0.05) is 12.1 Å². The Morgan fingerprint density at radius 2 is 2.22 bits per heavy atom. The van der Waals surface area contributed by atoms with Crippen molar-refractivity contribution in [2.24, 2.45) is 0 Å². The molecule has 6 nitrogen and oxygen atoms in total. The molecule has 1 heterocycles. The smallest absolute Gasteiger partial charge is 0.312 e. The highest BCUT2D eigenvalue weighted by molar-refractivity contribution is 5.32. The minimum atomic E-state index is -0.424. The molecule has 0 aliphatic carbocycles. The second kappa shape index (κ2) is 5.25. The van der Waals surface area contributed by atoms with E-state index in [1.165, 1.54) is 6.07 Å². The van der Waals surface area contributed by atoms with Crippen molar-refractivity contribution in [3.63, 3.8) is 0 Å². The first-order valence-electron chi connectivity index (χ1n) is 5.16. The Kier molecular flexibility index (Phi) is 3.50. The quantitative estimate of drug-likeness (QED) is 0.834. The van der Waals surface area contributed by atoms with E-state index in [1.807, 2.05) is 6.07 Å². The van der Waals surface area contributed by atoms with Crippen LogP contribution in [-0.2, 0) is 13.1 Å². The second-order valence-corrected chi connectivity index (χ2v) is 3.56. The van der Waals surface area contributed by atoms with Crippen LogP contribution in [0, 0.1) is 17.1 Å². The highest BCUT2D eigenvalue weighted by Crippen LogP contribution is 2.10. The summed E-state index contributed by atoms with van der Waals surface area (Å²) in [6, 6.07) is 6.18. The van der Waals surface area contributed by atoms with Crippen molar-refractivity contribution in [1.82, 2.24) is 15.5 Å². The lowest BCUT2D eigenvalue weighted by atomic mass is 10.1. The number of hydrogen-bond acceptors (Lipinski definition) is 6. The first-order chi connectivity index (χ1) is 8.69. The number of nitrogens with one attached hydrogen (secondary N) is 1. The van der Waals surface area contributed by atoms with E-state index in [1.54, 1.807) is 12.1 Å². The molecule has 0 amide bonds. The Morgan fingerprint density at radius 1 is 1.39 bits per heavy atom. The average Bonchev–Trinajstić information content (AvgIpc) is 2.77. The maximum atomic E-state index is 13.5. The van der Waals surface area contributed by atoms with Crippen molar-refractivity contribution in [2.75, 3.05) is 5.73 Å². The number of aromatic nitrogens is 2. The molecule has 0 unspecified atom stereocenters. The van der Waals surface area contributed by atoms with Crippen LogP contribution in [-0.4, -0.2) is 10.2 Å². The molecule has 0 radical (unpaired) electrons. The van der Waals surface area contributed by atoms with Crippen LogP contribution in [0.3, 0.4) is 0 Å². The fourth-order valence-electron chi connectivity index (χ4n) is 1.40. The Hall–Kier alpha value is -2.46. The van der Waals surface area contributed by atoms with Crippen LogP contribution in [0.1, 0.15) is 17.0 Å². The van der Waals surface area contributed by atoms with Crippen LogP contribution >= 0.6 is 0 Å². The van der Waals surface area contributed by atoms with Crippen LogP contribution in [0.2, 0.25) is 0 Å². The van der Waals surface area contributed by atoms with Gasteiger partial charge in [0.15, 0.2) is 0 Å². The molecule has 0 aliphatic heterocycles. The lowest BCUT2D eigenvalue weighted by molar-refractivity contribution is 0.477. The first-order valence-corrected chi connectivity index (χ1v) is 5.16. The third kappa shape index (κ3) is 2.81. The molecule has 92 valence electrons. The molecule has 0 fully saturated rings. The monoisotopic (exact) mass is 247 g/mol. The lowest BCUT2D eigenvalue weighted by Gasteiger charge is -2.04. The second-order valence-electron chi connectivity index (χ2n) is 3.56. The zero-order chi connectivity index (χ0) is 13.0. The van der Waals surface area contributed by atoms with Crippen molar-refractivity contribution >= 4 is 6.01 Å². The predicted octanol–water partition coefficient (Wildman–Crippen LogP) is 0.952. The van der Waals surface area contributed by atoms with Crippen LogP contribution in [0.15, 0.2) is 22.6 Å². The molecule has 0 atom stereocenters. The van der Waals surface area contributed by atoms with Gasteiger partial charge >= 0.3 is 6.01 Å². The number of rotatable bonds is 4. The van der Waals surface area contributed by atoms with E-state index >= 15 is 0 Å². The summed E-state index contributed by atoms with van der Waals surface area (Å²) in [5, 5.41) is 18.7. The predicted molar refractivity (Wildman–Crippen MR) is 60.4 cm³/mol. The molecule has 1 aromatic carbocycles. The van der Waals surface area contributed by atoms with Crippen molar-refractivity contribution in [1.29, 1.82) is 5.26 Å². The van der Waals surface area contributed by atoms with Gasteiger partial charge in [-0.15, -0.1) is 5.10 Å². The van der Waals surface area contributed by atoms with Crippen molar-refractivity contribution in [3.8, 4) is 6.07 Å². The molecule has 18 heavy (non-hydrogen) atoms. The van der Waals surface area contributed by atoms with Gasteiger partial charge in [-0.2, -0.15) is 5.26 Å². The highest BCUT2D eigenvalue weighted by atomic mass is 19.1. The number of nitriles is 1. The number of nitrogen functional groups attached to an aromatic ring is 1. The number of nitrogens with zero attached hydrogens (tertiary/aromatic N) is 3. The van der Waals surface area contributed by atoms with Gasteiger partial charge in [-0.3, -0.25) is 0 Å². The molecule has 7 heteroatoms. The summed E-state index contributed by atoms with van der Waals surface area (Å²) >= 11 is 0. The lowest BCUT2D eigenvalue weighted by Crippen LogP contribution is -2.14. The molecule has 3 N–H and O–H groups in total. The molecule has 0 saturated carbocycles. The summed E-state index contributed by atoms with van der Waals surface area (Å²) in [7, 11) is 0. The minimum Gasteiger partial charge on any atom is -0.407 e. The molecular formula is C11H10FN5O. The maximum Gasteiger partial charge on any atom is 0.312 e. The van der Waals surface area contributed by atoms with Crippen LogP contribution in [0.5, 0.6) is 0 Å². The third-order valence-corrected chi connectivity index (χ3v) is 2.26. The standard InChI is InChI=1S/C11H10FN5O/c12-9-3-7(4-13)1-2-8(9)5-15-6-10-16-17-11(14)18-10/h1-3,15H,5-6H2,(H2,14,17). The van der Waals surface area contributed by atoms with Crippen molar-refractivity contribution < 1.29 is 8.81 Å². The number of anilines is 1. The van der Waals surface area contributed by atoms with E-state index in [-0.39, 0.29) is 6.01 Å². The van der Waals surface area contributed by atoms with E-state index in [9.17, 15) is 4.39 Å². The third-order valence-electron chi connectivity index (χ3n) is 2.26. The van der Waals surface area contributed by atoms with E-state index in [0.29, 0.717) is 30.1 Å². The SMILES string of the molecule is N#Cc1ccc(CNCc2nnc(N)o2)c(F)c1. The Balaban J connectivity index is 1.92. The molecular weight excluding hydrogens is 237 g/mol. The van der Waals surface area contributed by atoms with Gasteiger partial charge in [0.25, 0.3) is 0 Å². The Labute approximate surface area is 102 Å². The molecule has 1 aromatic heterocycles. The Morgan fingerprint density at radius 3 is 2.83 bits per heavy atom. The van der Waals surface area contributed by atoms with E-state index in [2.05, 4.69) is 15.5 Å². The highest BCUT2D eigenvalue weighted by Gasteiger charge is 2.05. The first kappa shape index (κ1) is 12.0. The number of halogens is 1. The van der Waals surface area contributed by atoms with E-state index < -0.39 is 5.82 Å². The molecule has 0 bridgehead atoms. The van der Waals surface area contributed by atoms with Gasteiger partial charge in [0.2, 0.25) is 5.89 Å². The largest absolute Gasteiger partial charge is 0.407 e. The van der Waals surface area contributed by atoms with Gasteiger partial charge in [-0.05, 0) is 12.1 Å². The van der Waals surface area contributed by atoms with E-state index in [4.69, 9.17) is 15.4 Å². The molecule has 0 saturated heterocycles. The van der Waals surface area contributed by atoms with Gasteiger partial charge in [-0.1, -0.05) is 11.2 Å². The minimum absolute atomic E-state index is 0.00338. The van der Waals surface area contributed by atoms with Gasteiger partial charge in [-0.25, -0.2) is 4.39 Å². The fraction of sp³-hybridized carbons (Fsp3) is 0.182. The van der Waals surface area contributed by atoms with E-state index in [0.717, 1.165) is 0 Å². The zero-order valence-electron chi connectivity index (χ0n) is 9.35. The fourth-order valence-corrected chi connectivity index (χ4v) is 1.40. The molecule has 2 aromatic rings. The van der Waals surface area contributed by atoms with Crippen molar-refractivity contribution in [2.45, 2.75) is 13.1 Å². The van der Waals surface area contributed by atoms with Crippen LogP contribution < -0.4 is 11.1 Å². The summed E-state index contributed by atoms with van der Waals surface area (Å²) in [4.78, 5) is 0. The van der Waals surface area contributed by atoms with Gasteiger partial charge < -0.3 is 15.5 Å². The van der Waals surface area contributed by atoms with Gasteiger partial charge in [0.1, 0.15) is 5.82 Å². The molecule has 0 aliphatic rings. The van der Waals surface area contributed by atoms with Crippen LogP contribution in [0.4, 0.5) is 10.4 Å². The molecule has 0 spiro atoms. The molecule has 2 rings (SSSR count). The topological polar surface area (TPSA) is 101 Å². The number of benzene rings is 1. The Bertz CT molecular complexity index is 589. The van der Waals surface area contributed by atoms with Crippen molar-refractivity contribution in [3.05, 3.63) is 41.0 Å². The van der Waals surface area contributed by atoms with Gasteiger partial charge in [0.05, 0.1) is 18.2 Å². The summed E-state index contributed by atoms with van der Waals surface area (Å²) in [5.74, 6) is -0.0897. The number of hydrogen-bond donors (Lipinski definition) is 2. The maximum absolute atomic E-state index is 13.5.